The molecule has 0 unspecified atom stereocenters. The predicted molar refractivity (Wildman–Crippen MR) is 97.3 cm³/mol. The number of nitrogens with one attached hydrogen (secondary N) is 2. The molecule has 0 radical (unpaired) electrons. The van der Waals surface area contributed by atoms with Crippen molar-refractivity contribution in [2.45, 2.75) is 42.5 Å². The zero-order chi connectivity index (χ0) is 19.4. The van der Waals surface area contributed by atoms with Crippen LogP contribution < -0.4 is 10.6 Å². The van der Waals surface area contributed by atoms with Gasteiger partial charge in [-0.1, -0.05) is 35.9 Å². The summed E-state index contributed by atoms with van der Waals surface area (Å²) in [7, 11) is 0. The van der Waals surface area contributed by atoms with Crippen molar-refractivity contribution in [3.63, 3.8) is 0 Å². The van der Waals surface area contributed by atoms with E-state index in [0.717, 1.165) is 40.8 Å². The number of nitrogens with zero attached hydrogens (tertiary/aromatic N) is 3. The summed E-state index contributed by atoms with van der Waals surface area (Å²) in [5.41, 5.74) is -0.836. The maximum atomic E-state index is 12.5. The van der Waals surface area contributed by atoms with Gasteiger partial charge in [-0.05, 0) is 19.8 Å². The Kier molecular flexibility index (Phi) is 5.95. The number of carbonyl (C=O) groups excluding carboxylic acids is 4. The highest BCUT2D eigenvalue weighted by molar-refractivity contribution is 8.01. The monoisotopic (exact) mass is 413 g/mol. The van der Waals surface area contributed by atoms with E-state index in [9.17, 15) is 19.2 Å². The highest BCUT2D eigenvalue weighted by atomic mass is 32.2. The predicted octanol–water partition coefficient (Wildman–Crippen LogP) is 0.996. The van der Waals surface area contributed by atoms with Crippen LogP contribution in [-0.2, 0) is 19.1 Å². The van der Waals surface area contributed by atoms with Gasteiger partial charge in [-0.2, -0.15) is 0 Å². The van der Waals surface area contributed by atoms with Crippen LogP contribution in [0, 0.1) is 0 Å². The Balaban J connectivity index is 1.52. The molecule has 2 fully saturated rings. The Morgan fingerprint density at radius 3 is 2.78 bits per heavy atom. The van der Waals surface area contributed by atoms with Gasteiger partial charge in [-0.15, -0.1) is 10.2 Å². The van der Waals surface area contributed by atoms with Gasteiger partial charge >= 0.3 is 12.0 Å². The number of amides is 4. The lowest BCUT2D eigenvalue weighted by Crippen LogP contribution is -2.44. The van der Waals surface area contributed by atoms with E-state index in [4.69, 9.17) is 4.74 Å². The van der Waals surface area contributed by atoms with E-state index in [2.05, 4.69) is 20.8 Å². The highest BCUT2D eigenvalue weighted by Gasteiger charge is 2.52. The fourth-order valence-corrected chi connectivity index (χ4v) is 4.65. The zero-order valence-electron chi connectivity index (χ0n) is 14.6. The van der Waals surface area contributed by atoms with E-state index < -0.39 is 17.5 Å². The average molecular weight is 413 g/mol. The first-order chi connectivity index (χ1) is 12.9. The van der Waals surface area contributed by atoms with Crippen molar-refractivity contribution < 1.29 is 23.9 Å². The third-order valence-corrected chi connectivity index (χ3v) is 6.22. The summed E-state index contributed by atoms with van der Waals surface area (Å²) in [5.74, 6) is -1.14. The minimum Gasteiger partial charge on any atom is -0.465 e. The Morgan fingerprint density at radius 1 is 1.33 bits per heavy atom. The van der Waals surface area contributed by atoms with Crippen LogP contribution in [0.15, 0.2) is 4.34 Å². The molecule has 4 amide bonds. The molecule has 0 atom stereocenters. The van der Waals surface area contributed by atoms with Gasteiger partial charge in [0.2, 0.25) is 11.0 Å². The van der Waals surface area contributed by atoms with Gasteiger partial charge in [0.05, 0.1) is 12.4 Å². The number of thioether (sulfide) groups is 1. The smallest absolute Gasteiger partial charge is 0.325 e. The second kappa shape index (κ2) is 8.21. The van der Waals surface area contributed by atoms with E-state index >= 15 is 0 Å². The van der Waals surface area contributed by atoms with Crippen LogP contribution in [0.4, 0.5) is 9.93 Å². The molecule has 1 spiro atoms. The molecule has 1 aromatic rings. The van der Waals surface area contributed by atoms with E-state index in [1.807, 2.05) is 0 Å². The van der Waals surface area contributed by atoms with Crippen LogP contribution in [0.3, 0.4) is 0 Å². The largest absolute Gasteiger partial charge is 0.465 e. The zero-order valence-corrected chi connectivity index (χ0v) is 16.3. The van der Waals surface area contributed by atoms with Crippen LogP contribution in [-0.4, -0.2) is 63.4 Å². The van der Waals surface area contributed by atoms with E-state index in [1.165, 1.54) is 0 Å². The Bertz CT molecular complexity index is 762. The van der Waals surface area contributed by atoms with Gasteiger partial charge in [0.25, 0.3) is 5.91 Å². The first-order valence-electron chi connectivity index (χ1n) is 8.49. The molecule has 27 heavy (non-hydrogen) atoms. The number of anilines is 1. The highest BCUT2D eigenvalue weighted by Crippen LogP contribution is 2.35. The standard InChI is InChI=1S/C15H19N5O5S2/c1-2-25-10(22)8-26-14-19-18-12(27-14)16-9(21)7-20-11(23)15(17-13(20)24)5-3-4-6-15/h2-8H2,1H3,(H,17,24)(H,16,18,21). The maximum absolute atomic E-state index is 12.5. The minimum atomic E-state index is -0.836. The van der Waals surface area contributed by atoms with Gasteiger partial charge in [0.1, 0.15) is 12.1 Å². The second-order valence-electron chi connectivity index (χ2n) is 6.13. The van der Waals surface area contributed by atoms with Crippen molar-refractivity contribution >= 4 is 52.0 Å². The first-order valence-corrected chi connectivity index (χ1v) is 10.3. The number of esters is 1. The Hall–Kier alpha value is -2.21. The van der Waals surface area contributed by atoms with Crippen LogP contribution >= 0.6 is 23.1 Å². The van der Waals surface area contributed by atoms with Crippen LogP contribution in [0.1, 0.15) is 32.6 Å². The molecular weight excluding hydrogens is 394 g/mol. The fraction of sp³-hybridized carbons (Fsp3) is 0.600. The summed E-state index contributed by atoms with van der Waals surface area (Å²) in [6, 6.07) is -0.542. The van der Waals surface area contributed by atoms with Crippen LogP contribution in [0.25, 0.3) is 0 Å². The van der Waals surface area contributed by atoms with Gasteiger partial charge < -0.3 is 10.1 Å². The van der Waals surface area contributed by atoms with Crippen molar-refractivity contribution in [1.82, 2.24) is 20.4 Å². The molecular formula is C15H19N5O5S2. The molecule has 1 saturated carbocycles. The van der Waals surface area contributed by atoms with Crippen LogP contribution in [0.5, 0.6) is 0 Å². The average Bonchev–Trinajstić information content (AvgIpc) is 3.32. The molecule has 12 heteroatoms. The molecule has 3 rings (SSSR count). The summed E-state index contributed by atoms with van der Waals surface area (Å²) in [4.78, 5) is 49.1. The van der Waals surface area contributed by atoms with Gasteiger partial charge in [0.15, 0.2) is 4.34 Å². The lowest BCUT2D eigenvalue weighted by atomic mass is 9.98. The third-order valence-electron chi connectivity index (χ3n) is 4.28. The van der Waals surface area contributed by atoms with Gasteiger partial charge in [0, 0.05) is 0 Å². The summed E-state index contributed by atoms with van der Waals surface area (Å²) >= 11 is 2.25. The van der Waals surface area contributed by atoms with Gasteiger partial charge in [-0.25, -0.2) is 4.79 Å². The quantitative estimate of drug-likeness (QED) is 0.293. The molecule has 10 nitrogen and oxygen atoms in total. The van der Waals surface area contributed by atoms with E-state index in [0.29, 0.717) is 23.8 Å². The number of aromatic nitrogens is 2. The molecule has 1 saturated heterocycles. The molecule has 146 valence electrons. The van der Waals surface area contributed by atoms with Gasteiger partial charge in [-0.3, -0.25) is 24.6 Å². The first kappa shape index (κ1) is 19.5. The summed E-state index contributed by atoms with van der Waals surface area (Å²) in [6.45, 7) is 1.65. The number of urea groups is 1. The number of carbonyl (C=O) groups is 4. The summed E-state index contributed by atoms with van der Waals surface area (Å²) in [5, 5.41) is 13.2. The van der Waals surface area contributed by atoms with Crippen molar-refractivity contribution in [1.29, 1.82) is 0 Å². The number of hydrogen-bond donors (Lipinski definition) is 2. The lowest BCUT2D eigenvalue weighted by molar-refractivity contribution is -0.139. The maximum Gasteiger partial charge on any atom is 0.325 e. The molecule has 0 bridgehead atoms. The number of imide groups is 1. The minimum absolute atomic E-state index is 0.0982. The molecule has 2 N–H and O–H groups in total. The molecule has 2 aliphatic rings. The number of ether oxygens (including phenoxy) is 1. The lowest BCUT2D eigenvalue weighted by Gasteiger charge is -2.19. The van der Waals surface area contributed by atoms with Crippen LogP contribution in [0.2, 0.25) is 0 Å². The SMILES string of the molecule is CCOC(=O)CSc1nnc(NC(=O)CN2C(=O)NC3(CCCC3)C2=O)s1. The molecule has 2 heterocycles. The fourth-order valence-electron chi connectivity index (χ4n) is 3.08. The van der Waals surface area contributed by atoms with E-state index in [1.54, 1.807) is 6.92 Å². The molecule has 1 aliphatic heterocycles. The van der Waals surface area contributed by atoms with Crippen molar-refractivity contribution in [3.8, 4) is 0 Å². The molecule has 1 aliphatic carbocycles. The normalized spacial score (nSPS) is 18.0. The number of rotatable bonds is 7. The Morgan fingerprint density at radius 2 is 2.07 bits per heavy atom. The van der Waals surface area contributed by atoms with Crippen molar-refractivity contribution in [2.24, 2.45) is 0 Å². The summed E-state index contributed by atoms with van der Waals surface area (Å²) < 4.78 is 5.32. The molecule has 1 aromatic heterocycles. The molecule has 0 aromatic carbocycles. The topological polar surface area (TPSA) is 131 Å². The van der Waals surface area contributed by atoms with E-state index in [-0.39, 0.29) is 29.3 Å². The van der Waals surface area contributed by atoms with Crippen molar-refractivity contribution in [2.75, 3.05) is 24.2 Å². The number of hydrogen-bond acceptors (Lipinski definition) is 9. The van der Waals surface area contributed by atoms with Crippen molar-refractivity contribution in [3.05, 3.63) is 0 Å². The third kappa shape index (κ3) is 4.38. The summed E-state index contributed by atoms with van der Waals surface area (Å²) in [6.07, 6.45) is 2.96. The Labute approximate surface area is 163 Å². The second-order valence-corrected chi connectivity index (χ2v) is 8.33.